The molecular weight excluding hydrogens is 497 g/mol. The summed E-state index contributed by atoms with van der Waals surface area (Å²) in [7, 11) is 5.00. The van der Waals surface area contributed by atoms with Crippen LogP contribution in [0.25, 0.3) is 22.2 Å². The van der Waals surface area contributed by atoms with Crippen LogP contribution in [0.4, 0.5) is 24.7 Å². The van der Waals surface area contributed by atoms with E-state index >= 15 is 0 Å². The Morgan fingerprint density at radius 3 is 2.53 bits per heavy atom. The standard InChI is InChI=1S/C26H31F3N8O/c1-5-30-22-12-21-19(14-32-22)23(16-13-33-36(4)15-16)34-37(21)17-6-8-18(9-7-17)38-25-24(35(2)3)20(10-11-31-25)26(27,28)29/h10-15,17-18H,5-9H2,1-4H3,(H,30,32)/t17-,18+. The number of alkyl halides is 3. The number of fused-ring (bicyclic) bond motifs is 1. The lowest BCUT2D eigenvalue weighted by Gasteiger charge is -2.30. The van der Waals surface area contributed by atoms with Gasteiger partial charge in [0.25, 0.3) is 0 Å². The van der Waals surface area contributed by atoms with Crippen LogP contribution in [0.5, 0.6) is 5.88 Å². The lowest BCUT2D eigenvalue weighted by molar-refractivity contribution is -0.137. The molecule has 0 radical (unpaired) electrons. The van der Waals surface area contributed by atoms with Crippen molar-refractivity contribution in [3.05, 3.63) is 42.5 Å². The molecule has 9 nitrogen and oxygen atoms in total. The molecule has 1 aliphatic rings. The zero-order chi connectivity index (χ0) is 27.0. The highest BCUT2D eigenvalue weighted by Crippen LogP contribution is 2.42. The lowest BCUT2D eigenvalue weighted by Crippen LogP contribution is -2.28. The van der Waals surface area contributed by atoms with Gasteiger partial charge in [0.05, 0.1) is 23.3 Å². The van der Waals surface area contributed by atoms with Crippen LogP contribution in [-0.4, -0.2) is 56.3 Å². The van der Waals surface area contributed by atoms with Crippen molar-refractivity contribution in [2.75, 3.05) is 30.9 Å². The average molecular weight is 529 g/mol. The summed E-state index contributed by atoms with van der Waals surface area (Å²) >= 11 is 0. The molecule has 4 aromatic heterocycles. The van der Waals surface area contributed by atoms with Crippen molar-refractivity contribution >= 4 is 22.4 Å². The minimum absolute atomic E-state index is 0.0121. The quantitative estimate of drug-likeness (QED) is 0.348. The van der Waals surface area contributed by atoms with Crippen LogP contribution < -0.4 is 15.0 Å². The van der Waals surface area contributed by atoms with Crippen LogP contribution in [0.15, 0.2) is 36.9 Å². The minimum Gasteiger partial charge on any atom is -0.473 e. The summed E-state index contributed by atoms with van der Waals surface area (Å²) < 4.78 is 50.7. The van der Waals surface area contributed by atoms with Gasteiger partial charge in [0.1, 0.15) is 23.3 Å². The summed E-state index contributed by atoms with van der Waals surface area (Å²) in [5, 5.41) is 13.5. The Kier molecular flexibility index (Phi) is 6.89. The van der Waals surface area contributed by atoms with Crippen molar-refractivity contribution in [1.82, 2.24) is 29.5 Å². The van der Waals surface area contributed by atoms with E-state index in [1.807, 2.05) is 32.4 Å². The highest BCUT2D eigenvalue weighted by Gasteiger charge is 2.37. The maximum Gasteiger partial charge on any atom is 0.418 e. The number of nitrogens with one attached hydrogen (secondary N) is 1. The summed E-state index contributed by atoms with van der Waals surface area (Å²) in [5.41, 5.74) is 1.92. The summed E-state index contributed by atoms with van der Waals surface area (Å²) in [6, 6.07) is 3.12. The van der Waals surface area contributed by atoms with Gasteiger partial charge in [-0.1, -0.05) is 0 Å². The summed E-state index contributed by atoms with van der Waals surface area (Å²) in [5.74, 6) is 0.792. The first-order valence-electron chi connectivity index (χ1n) is 12.7. The Labute approximate surface area is 218 Å². The van der Waals surface area contributed by atoms with E-state index in [0.717, 1.165) is 59.6 Å². The number of pyridine rings is 2. The highest BCUT2D eigenvalue weighted by molar-refractivity contribution is 5.93. The molecule has 1 N–H and O–H groups in total. The maximum absolute atomic E-state index is 13.6. The summed E-state index contributed by atoms with van der Waals surface area (Å²) in [6.45, 7) is 2.77. The number of ether oxygens (including phenoxy) is 1. The first-order chi connectivity index (χ1) is 18.2. The Morgan fingerprint density at radius 2 is 1.89 bits per heavy atom. The molecule has 0 unspecified atom stereocenters. The van der Waals surface area contributed by atoms with E-state index in [1.54, 1.807) is 25.0 Å². The van der Waals surface area contributed by atoms with Crippen LogP contribution >= 0.6 is 0 Å². The first kappa shape index (κ1) is 25.8. The van der Waals surface area contributed by atoms with E-state index in [-0.39, 0.29) is 23.7 Å². The molecule has 0 atom stereocenters. The number of rotatable bonds is 7. The Bertz CT molecular complexity index is 1420. The Morgan fingerprint density at radius 1 is 1.13 bits per heavy atom. The van der Waals surface area contributed by atoms with Gasteiger partial charge in [-0.25, -0.2) is 9.97 Å². The van der Waals surface area contributed by atoms with Crippen LogP contribution in [0, 0.1) is 0 Å². The number of nitrogens with zero attached hydrogens (tertiary/aromatic N) is 7. The summed E-state index contributed by atoms with van der Waals surface area (Å²) in [4.78, 5) is 10.1. The molecule has 0 spiro atoms. The second kappa shape index (κ2) is 10.1. The highest BCUT2D eigenvalue weighted by atomic mass is 19.4. The molecule has 0 bridgehead atoms. The third-order valence-corrected chi connectivity index (χ3v) is 6.84. The van der Waals surface area contributed by atoms with Gasteiger partial charge in [-0.15, -0.1) is 0 Å². The molecule has 4 heterocycles. The number of anilines is 2. The second-order valence-corrected chi connectivity index (χ2v) is 9.77. The molecule has 5 rings (SSSR count). The monoisotopic (exact) mass is 528 g/mol. The van der Waals surface area contributed by atoms with Crippen LogP contribution in [0.2, 0.25) is 0 Å². The molecule has 202 valence electrons. The number of hydrogen-bond acceptors (Lipinski definition) is 7. The smallest absolute Gasteiger partial charge is 0.418 e. The molecule has 1 aliphatic carbocycles. The molecule has 38 heavy (non-hydrogen) atoms. The SMILES string of the molecule is CCNc1cc2c(cn1)c(-c1cnn(C)c1)nn2[C@H]1CC[C@@H](Oc2nccc(C(F)(F)F)c2N(C)C)CC1. The van der Waals surface area contributed by atoms with Crippen LogP contribution in [-0.2, 0) is 13.2 Å². The molecule has 4 aromatic rings. The van der Waals surface area contributed by atoms with Crippen molar-refractivity contribution < 1.29 is 17.9 Å². The first-order valence-corrected chi connectivity index (χ1v) is 12.7. The molecule has 0 amide bonds. The third kappa shape index (κ3) is 4.99. The van der Waals surface area contributed by atoms with Crippen molar-refractivity contribution in [2.45, 2.75) is 50.9 Å². The van der Waals surface area contributed by atoms with Gasteiger partial charge in [-0.2, -0.15) is 23.4 Å². The van der Waals surface area contributed by atoms with E-state index in [2.05, 4.69) is 25.1 Å². The molecule has 1 fully saturated rings. The number of aromatic nitrogens is 6. The van der Waals surface area contributed by atoms with Crippen molar-refractivity contribution in [3.8, 4) is 17.1 Å². The molecule has 0 saturated heterocycles. The summed E-state index contributed by atoms with van der Waals surface area (Å²) in [6.07, 6.45) is 4.86. The van der Waals surface area contributed by atoms with E-state index < -0.39 is 11.7 Å². The maximum atomic E-state index is 13.6. The average Bonchev–Trinajstić information content (AvgIpc) is 3.47. The van der Waals surface area contributed by atoms with E-state index in [9.17, 15) is 13.2 Å². The molecule has 0 aromatic carbocycles. The van der Waals surface area contributed by atoms with E-state index in [4.69, 9.17) is 9.84 Å². The topological polar surface area (TPSA) is 85.9 Å². The number of hydrogen-bond donors (Lipinski definition) is 1. The van der Waals surface area contributed by atoms with E-state index in [0.29, 0.717) is 12.8 Å². The predicted octanol–water partition coefficient (Wildman–Crippen LogP) is 5.31. The van der Waals surface area contributed by atoms with Gasteiger partial charge in [-0.05, 0) is 38.7 Å². The fraction of sp³-hybridized carbons (Fsp3) is 0.462. The lowest BCUT2D eigenvalue weighted by atomic mass is 9.93. The van der Waals surface area contributed by atoms with Crippen molar-refractivity contribution in [1.29, 1.82) is 0 Å². The van der Waals surface area contributed by atoms with Gasteiger partial charge in [0.2, 0.25) is 5.88 Å². The fourth-order valence-corrected chi connectivity index (χ4v) is 5.09. The van der Waals surface area contributed by atoms with Gasteiger partial charge in [0, 0.05) is 63.3 Å². The second-order valence-electron chi connectivity index (χ2n) is 9.77. The largest absolute Gasteiger partial charge is 0.473 e. The molecule has 1 saturated carbocycles. The Balaban J connectivity index is 1.40. The van der Waals surface area contributed by atoms with Crippen LogP contribution in [0.3, 0.4) is 0 Å². The van der Waals surface area contributed by atoms with Crippen molar-refractivity contribution in [3.63, 3.8) is 0 Å². The molecule has 12 heteroatoms. The van der Waals surface area contributed by atoms with E-state index in [1.165, 1.54) is 4.90 Å². The van der Waals surface area contributed by atoms with Gasteiger partial charge in [0.15, 0.2) is 0 Å². The zero-order valence-electron chi connectivity index (χ0n) is 21.8. The van der Waals surface area contributed by atoms with Gasteiger partial charge in [-0.3, -0.25) is 9.36 Å². The predicted molar refractivity (Wildman–Crippen MR) is 139 cm³/mol. The zero-order valence-corrected chi connectivity index (χ0v) is 21.8. The molecule has 0 aliphatic heterocycles. The number of halogens is 3. The normalized spacial score (nSPS) is 18.1. The molecular formula is C26H31F3N8O. The minimum atomic E-state index is -4.49. The Hall–Kier alpha value is -3.83. The third-order valence-electron chi connectivity index (χ3n) is 6.84. The number of aryl methyl sites for hydroxylation is 1. The van der Waals surface area contributed by atoms with Crippen molar-refractivity contribution in [2.24, 2.45) is 7.05 Å². The van der Waals surface area contributed by atoms with Gasteiger partial charge >= 0.3 is 6.18 Å². The van der Waals surface area contributed by atoms with Crippen LogP contribution in [0.1, 0.15) is 44.2 Å². The fourth-order valence-electron chi connectivity index (χ4n) is 5.09. The van der Waals surface area contributed by atoms with Gasteiger partial charge < -0.3 is 15.0 Å².